The number of ether oxygens (including phenoxy) is 1. The fourth-order valence-electron chi connectivity index (χ4n) is 1.74. The minimum Gasteiger partial charge on any atom is -0.480 e. The van der Waals surface area contributed by atoms with Crippen LogP contribution in [0.4, 0.5) is 0 Å². The quantitative estimate of drug-likeness (QED) is 0.748. The lowest BCUT2D eigenvalue weighted by molar-refractivity contribution is -0.569. The second-order valence-corrected chi connectivity index (χ2v) is 4.27. The molecule has 2 heterocycles. The minimum atomic E-state index is -0.696. The first-order valence-corrected chi connectivity index (χ1v) is 5.25. The summed E-state index contributed by atoms with van der Waals surface area (Å²) in [6.45, 7) is 3.62. The van der Waals surface area contributed by atoms with Gasteiger partial charge >= 0.3 is 0 Å². The first kappa shape index (κ1) is 11.2. The third-order valence-corrected chi connectivity index (χ3v) is 2.61. The van der Waals surface area contributed by atoms with Gasteiger partial charge in [0.2, 0.25) is 0 Å². The summed E-state index contributed by atoms with van der Waals surface area (Å²) in [5, 5.41) is 18.6. The van der Waals surface area contributed by atoms with E-state index in [4.69, 9.17) is 10.00 Å². The Hall–Kier alpha value is -2.28. The average molecular weight is 229 g/mol. The van der Waals surface area contributed by atoms with Gasteiger partial charge in [0.15, 0.2) is 18.6 Å². The molecule has 86 valence electrons. The van der Waals surface area contributed by atoms with Crippen molar-refractivity contribution in [2.24, 2.45) is 0 Å². The van der Waals surface area contributed by atoms with Gasteiger partial charge in [-0.05, 0) is 13.8 Å². The number of nitriles is 1. The zero-order valence-corrected chi connectivity index (χ0v) is 9.71. The lowest BCUT2D eigenvalue weighted by Gasteiger charge is -2.18. The molecule has 2 rings (SSSR count). The van der Waals surface area contributed by atoms with Gasteiger partial charge in [-0.15, -0.1) is 0 Å². The highest BCUT2D eigenvalue weighted by Crippen LogP contribution is 2.37. The Morgan fingerprint density at radius 2 is 2.00 bits per heavy atom. The molecule has 0 unspecified atom stereocenters. The van der Waals surface area contributed by atoms with E-state index in [1.165, 1.54) is 0 Å². The van der Waals surface area contributed by atoms with Crippen LogP contribution in [0.15, 0.2) is 47.7 Å². The van der Waals surface area contributed by atoms with E-state index in [2.05, 4.69) is 0 Å². The van der Waals surface area contributed by atoms with E-state index in [-0.39, 0.29) is 11.5 Å². The predicted octanol–water partition coefficient (Wildman–Crippen LogP) is 1.92. The van der Waals surface area contributed by atoms with Crippen molar-refractivity contribution in [2.45, 2.75) is 19.4 Å². The van der Waals surface area contributed by atoms with E-state index >= 15 is 0 Å². The SMILES string of the molecule is CC1(C)OC(O)=C(C#N)C1=C[n+]1ccccc1. The first-order chi connectivity index (χ1) is 8.04. The molecule has 1 aromatic heterocycles. The monoisotopic (exact) mass is 229 g/mol. The average Bonchev–Trinajstić information content (AvgIpc) is 2.50. The van der Waals surface area contributed by atoms with Crippen LogP contribution in [-0.4, -0.2) is 10.7 Å². The zero-order chi connectivity index (χ0) is 12.5. The van der Waals surface area contributed by atoms with Crippen molar-refractivity contribution in [2.75, 3.05) is 0 Å². The Bertz CT molecular complexity index is 536. The van der Waals surface area contributed by atoms with E-state index in [1.54, 1.807) is 6.20 Å². The van der Waals surface area contributed by atoms with Crippen LogP contribution < -0.4 is 4.57 Å². The molecule has 17 heavy (non-hydrogen) atoms. The van der Waals surface area contributed by atoms with Gasteiger partial charge in [0.25, 0.3) is 5.95 Å². The molecule has 0 bridgehead atoms. The van der Waals surface area contributed by atoms with Crippen LogP contribution in [0, 0.1) is 11.3 Å². The number of aliphatic hydroxyl groups is 1. The molecule has 0 amide bonds. The smallest absolute Gasteiger partial charge is 0.296 e. The fourth-order valence-corrected chi connectivity index (χ4v) is 1.74. The summed E-state index contributed by atoms with van der Waals surface area (Å²) in [5.74, 6) is -0.305. The summed E-state index contributed by atoms with van der Waals surface area (Å²) in [6.07, 6.45) is 5.49. The zero-order valence-electron chi connectivity index (χ0n) is 9.71. The molecule has 1 N–H and O–H groups in total. The Morgan fingerprint density at radius 3 is 2.59 bits per heavy atom. The van der Waals surface area contributed by atoms with Gasteiger partial charge in [0.05, 0.1) is 5.57 Å². The third kappa shape index (κ3) is 2.00. The molecule has 0 radical (unpaired) electrons. The van der Waals surface area contributed by atoms with E-state index in [9.17, 15) is 5.11 Å². The van der Waals surface area contributed by atoms with Crippen LogP contribution in [0.25, 0.3) is 6.20 Å². The summed E-state index contributed by atoms with van der Waals surface area (Å²) in [6, 6.07) is 7.64. The van der Waals surface area contributed by atoms with Crippen LogP contribution >= 0.6 is 0 Å². The number of aromatic nitrogens is 1. The lowest BCUT2D eigenvalue weighted by Crippen LogP contribution is -2.29. The molecule has 0 fully saturated rings. The molecule has 0 atom stereocenters. The number of hydrogen-bond acceptors (Lipinski definition) is 3. The summed E-state index contributed by atoms with van der Waals surface area (Å²) in [4.78, 5) is 0. The Kier molecular flexibility index (Phi) is 2.60. The van der Waals surface area contributed by atoms with Crippen LogP contribution in [0.1, 0.15) is 13.8 Å². The van der Waals surface area contributed by atoms with Crippen molar-refractivity contribution < 1.29 is 14.4 Å². The highest BCUT2D eigenvalue weighted by atomic mass is 16.6. The molecule has 0 spiro atoms. The minimum absolute atomic E-state index is 0.186. The summed E-state index contributed by atoms with van der Waals surface area (Å²) in [7, 11) is 0. The number of aliphatic hydroxyl groups excluding tert-OH is 1. The maximum absolute atomic E-state index is 9.56. The second-order valence-electron chi connectivity index (χ2n) is 4.27. The van der Waals surface area contributed by atoms with Gasteiger partial charge in [-0.1, -0.05) is 6.07 Å². The number of pyridine rings is 1. The van der Waals surface area contributed by atoms with Crippen molar-refractivity contribution >= 4 is 6.20 Å². The van der Waals surface area contributed by atoms with Crippen molar-refractivity contribution in [3.63, 3.8) is 0 Å². The van der Waals surface area contributed by atoms with Crippen LogP contribution in [0.3, 0.4) is 0 Å². The fraction of sp³-hybridized carbons (Fsp3) is 0.231. The van der Waals surface area contributed by atoms with Crippen molar-refractivity contribution in [3.8, 4) is 6.07 Å². The van der Waals surface area contributed by atoms with E-state index in [0.29, 0.717) is 5.57 Å². The van der Waals surface area contributed by atoms with Gasteiger partial charge in [-0.3, -0.25) is 0 Å². The molecular formula is C13H13N2O2+. The summed E-state index contributed by atoms with van der Waals surface area (Å²) < 4.78 is 7.08. The number of nitrogens with zero attached hydrogens (tertiary/aromatic N) is 2. The van der Waals surface area contributed by atoms with Crippen LogP contribution in [0.2, 0.25) is 0 Å². The first-order valence-electron chi connectivity index (χ1n) is 5.25. The van der Waals surface area contributed by atoms with Crippen molar-refractivity contribution in [1.29, 1.82) is 5.26 Å². The largest absolute Gasteiger partial charge is 0.480 e. The predicted molar refractivity (Wildman–Crippen MR) is 61.3 cm³/mol. The maximum atomic E-state index is 9.56. The Morgan fingerprint density at radius 1 is 1.35 bits per heavy atom. The van der Waals surface area contributed by atoms with E-state index in [1.807, 2.05) is 55.1 Å². The maximum Gasteiger partial charge on any atom is 0.296 e. The Balaban J connectivity index is 2.50. The molecule has 1 aliphatic heterocycles. The Labute approximate surface area is 99.7 Å². The molecule has 0 aromatic carbocycles. The normalized spacial score (nSPS) is 20.2. The van der Waals surface area contributed by atoms with E-state index in [0.717, 1.165) is 0 Å². The molecule has 4 nitrogen and oxygen atoms in total. The number of hydrogen-bond donors (Lipinski definition) is 1. The van der Waals surface area contributed by atoms with E-state index < -0.39 is 5.60 Å². The van der Waals surface area contributed by atoms with Crippen molar-refractivity contribution in [3.05, 3.63) is 47.7 Å². The molecule has 0 aliphatic carbocycles. The molecule has 0 saturated carbocycles. The highest BCUT2D eigenvalue weighted by molar-refractivity contribution is 5.55. The standard InChI is InChI=1S/C13H12N2O2/c1-13(2)11(10(8-14)12(16)17-13)9-15-6-4-3-5-7-15/h3-7,9H,1-2H3/p+1. The van der Waals surface area contributed by atoms with Gasteiger partial charge in [0.1, 0.15) is 17.2 Å². The molecule has 1 aromatic rings. The van der Waals surface area contributed by atoms with Gasteiger partial charge in [-0.25, -0.2) is 0 Å². The highest BCUT2D eigenvalue weighted by Gasteiger charge is 2.40. The molecular weight excluding hydrogens is 216 g/mol. The van der Waals surface area contributed by atoms with Crippen molar-refractivity contribution in [1.82, 2.24) is 0 Å². The summed E-state index contributed by atoms with van der Waals surface area (Å²) in [5.41, 5.74) is 0.151. The third-order valence-electron chi connectivity index (χ3n) is 2.61. The molecule has 1 aliphatic rings. The van der Waals surface area contributed by atoms with Crippen LogP contribution in [0.5, 0.6) is 0 Å². The van der Waals surface area contributed by atoms with Gasteiger partial charge in [-0.2, -0.15) is 9.83 Å². The van der Waals surface area contributed by atoms with Crippen LogP contribution in [-0.2, 0) is 4.74 Å². The number of rotatable bonds is 1. The second kappa shape index (κ2) is 3.95. The lowest BCUT2D eigenvalue weighted by atomic mass is 9.95. The molecule has 4 heteroatoms. The molecule has 0 saturated heterocycles. The topological polar surface area (TPSA) is 57.1 Å². The summed E-state index contributed by atoms with van der Waals surface area (Å²) >= 11 is 0. The van der Waals surface area contributed by atoms with Gasteiger partial charge < -0.3 is 9.84 Å². The van der Waals surface area contributed by atoms with Gasteiger partial charge in [0, 0.05) is 12.1 Å².